The number of thiophene rings is 1. The molecule has 3 heteroatoms. The monoisotopic (exact) mass is 194 g/mol. The number of benzene rings is 1. The van der Waals surface area contributed by atoms with Crippen LogP contribution in [-0.2, 0) is 0 Å². The van der Waals surface area contributed by atoms with Gasteiger partial charge in [-0.3, -0.25) is 0 Å². The van der Waals surface area contributed by atoms with E-state index in [0.717, 1.165) is 15.0 Å². The third-order valence-corrected chi connectivity index (χ3v) is 3.20. The van der Waals surface area contributed by atoms with Crippen molar-refractivity contribution in [1.82, 2.24) is 0 Å². The average molecular weight is 194 g/mol. The Kier molecular flexibility index (Phi) is 1.98. The fourth-order valence-electron chi connectivity index (χ4n) is 1.25. The van der Waals surface area contributed by atoms with E-state index in [1.807, 2.05) is 12.1 Å². The molecule has 0 amide bonds. The molecule has 68 valence electrons. The maximum atomic E-state index is 9.34. The van der Waals surface area contributed by atoms with Crippen molar-refractivity contribution in [2.24, 2.45) is 0 Å². The van der Waals surface area contributed by atoms with Gasteiger partial charge in [0, 0.05) is 9.58 Å². The van der Waals surface area contributed by atoms with Gasteiger partial charge in [0.15, 0.2) is 0 Å². The molecule has 0 aliphatic rings. The maximum absolute atomic E-state index is 9.34. The lowest BCUT2D eigenvalue weighted by atomic mass is 10.2. The van der Waals surface area contributed by atoms with Crippen molar-refractivity contribution in [2.75, 3.05) is 0 Å². The Morgan fingerprint density at radius 1 is 1.31 bits per heavy atom. The van der Waals surface area contributed by atoms with Gasteiger partial charge in [-0.25, -0.2) is 0 Å². The van der Waals surface area contributed by atoms with Crippen LogP contribution in [0.5, 0.6) is 5.75 Å². The zero-order valence-electron chi connectivity index (χ0n) is 7.19. The molecule has 0 fully saturated rings. The van der Waals surface area contributed by atoms with Crippen LogP contribution in [0.1, 0.15) is 17.9 Å². The molecule has 0 spiro atoms. The van der Waals surface area contributed by atoms with Gasteiger partial charge in [-0.15, -0.1) is 11.3 Å². The minimum absolute atomic E-state index is 0.270. The van der Waals surface area contributed by atoms with Gasteiger partial charge >= 0.3 is 0 Å². The van der Waals surface area contributed by atoms with E-state index >= 15 is 0 Å². The number of phenolic OH excluding ortho intramolecular Hbond substituents is 1. The molecule has 1 aromatic carbocycles. The molecule has 2 aromatic rings. The van der Waals surface area contributed by atoms with Gasteiger partial charge in [-0.05, 0) is 36.6 Å². The molecule has 0 aliphatic heterocycles. The second kappa shape index (κ2) is 3.01. The minimum Gasteiger partial charge on any atom is -0.508 e. The molecule has 2 N–H and O–H groups in total. The summed E-state index contributed by atoms with van der Waals surface area (Å²) in [6.07, 6.45) is -0.431. The Balaban J connectivity index is 2.62. The fraction of sp³-hybridized carbons (Fsp3) is 0.200. The molecule has 1 aromatic heterocycles. The van der Waals surface area contributed by atoms with Crippen LogP contribution in [-0.4, -0.2) is 10.2 Å². The van der Waals surface area contributed by atoms with Crippen LogP contribution in [0.2, 0.25) is 0 Å². The van der Waals surface area contributed by atoms with Crippen molar-refractivity contribution in [2.45, 2.75) is 13.0 Å². The number of rotatable bonds is 1. The van der Waals surface area contributed by atoms with Crippen LogP contribution < -0.4 is 0 Å². The van der Waals surface area contributed by atoms with Gasteiger partial charge in [0.2, 0.25) is 0 Å². The summed E-state index contributed by atoms with van der Waals surface area (Å²) in [5, 5.41) is 19.6. The molecular weight excluding hydrogens is 184 g/mol. The van der Waals surface area contributed by atoms with Crippen LogP contribution in [0.3, 0.4) is 0 Å². The highest BCUT2D eigenvalue weighted by Crippen LogP contribution is 2.31. The first-order valence-electron chi connectivity index (χ1n) is 4.07. The molecule has 1 unspecified atom stereocenters. The number of aliphatic hydroxyl groups is 1. The lowest BCUT2D eigenvalue weighted by Crippen LogP contribution is -1.83. The maximum Gasteiger partial charge on any atom is 0.117 e. The fourth-order valence-corrected chi connectivity index (χ4v) is 2.28. The van der Waals surface area contributed by atoms with Gasteiger partial charge in [-0.2, -0.15) is 0 Å². The molecule has 2 rings (SSSR count). The van der Waals surface area contributed by atoms with E-state index in [4.69, 9.17) is 0 Å². The summed E-state index contributed by atoms with van der Waals surface area (Å²) >= 11 is 1.51. The van der Waals surface area contributed by atoms with Crippen LogP contribution >= 0.6 is 11.3 Å². The zero-order chi connectivity index (χ0) is 9.42. The first-order valence-corrected chi connectivity index (χ1v) is 4.89. The summed E-state index contributed by atoms with van der Waals surface area (Å²) in [4.78, 5) is 0.931. The van der Waals surface area contributed by atoms with Crippen LogP contribution in [0, 0.1) is 0 Å². The summed E-state index contributed by atoms with van der Waals surface area (Å²) in [5.74, 6) is 0.270. The molecular formula is C10H10O2S. The van der Waals surface area contributed by atoms with Gasteiger partial charge in [0.25, 0.3) is 0 Å². The number of hydrogen-bond donors (Lipinski definition) is 2. The Morgan fingerprint density at radius 3 is 2.77 bits per heavy atom. The number of fused-ring (bicyclic) bond motifs is 1. The molecule has 1 heterocycles. The van der Waals surface area contributed by atoms with Crippen molar-refractivity contribution in [1.29, 1.82) is 0 Å². The third-order valence-electron chi connectivity index (χ3n) is 1.93. The molecule has 1 atom stereocenters. The van der Waals surface area contributed by atoms with Crippen molar-refractivity contribution in [3.8, 4) is 5.75 Å². The highest BCUT2D eigenvalue weighted by molar-refractivity contribution is 7.19. The minimum atomic E-state index is -0.431. The van der Waals surface area contributed by atoms with E-state index in [1.165, 1.54) is 11.3 Å². The zero-order valence-corrected chi connectivity index (χ0v) is 8.01. The Morgan fingerprint density at radius 2 is 2.08 bits per heavy atom. The van der Waals surface area contributed by atoms with Crippen molar-refractivity contribution in [3.63, 3.8) is 0 Å². The standard InChI is InChI=1S/C10H10O2S/c1-6(11)9-4-7-2-3-8(12)5-10(7)13-9/h2-6,11-12H,1H3. The third kappa shape index (κ3) is 1.53. The highest BCUT2D eigenvalue weighted by Gasteiger charge is 2.06. The summed E-state index contributed by atoms with van der Waals surface area (Å²) in [7, 11) is 0. The van der Waals surface area contributed by atoms with Gasteiger partial charge in [-0.1, -0.05) is 0 Å². The van der Waals surface area contributed by atoms with E-state index in [2.05, 4.69) is 0 Å². The second-order valence-corrected chi connectivity index (χ2v) is 4.16. The molecule has 0 aliphatic carbocycles. The van der Waals surface area contributed by atoms with E-state index in [9.17, 15) is 10.2 Å². The molecule has 0 saturated carbocycles. The predicted molar refractivity (Wildman–Crippen MR) is 54.1 cm³/mol. The largest absolute Gasteiger partial charge is 0.508 e. The van der Waals surface area contributed by atoms with Crippen molar-refractivity contribution >= 4 is 21.4 Å². The number of phenols is 1. The smallest absolute Gasteiger partial charge is 0.117 e. The van der Waals surface area contributed by atoms with Crippen molar-refractivity contribution < 1.29 is 10.2 Å². The normalized spacial score (nSPS) is 13.4. The quantitative estimate of drug-likeness (QED) is 0.732. The first kappa shape index (κ1) is 8.53. The average Bonchev–Trinajstić information content (AvgIpc) is 2.46. The SMILES string of the molecule is CC(O)c1cc2ccc(O)cc2s1. The lowest BCUT2D eigenvalue weighted by molar-refractivity contribution is 0.203. The van der Waals surface area contributed by atoms with Gasteiger partial charge < -0.3 is 10.2 Å². The summed E-state index contributed by atoms with van der Waals surface area (Å²) in [6.45, 7) is 1.74. The van der Waals surface area contributed by atoms with Gasteiger partial charge in [0.1, 0.15) is 5.75 Å². The van der Waals surface area contributed by atoms with E-state index in [-0.39, 0.29) is 5.75 Å². The van der Waals surface area contributed by atoms with Gasteiger partial charge in [0.05, 0.1) is 6.10 Å². The topological polar surface area (TPSA) is 40.5 Å². The molecule has 0 saturated heterocycles. The highest BCUT2D eigenvalue weighted by atomic mass is 32.1. The summed E-state index contributed by atoms with van der Waals surface area (Å²) in [6, 6.07) is 7.17. The van der Waals surface area contributed by atoms with Crippen LogP contribution in [0.25, 0.3) is 10.1 Å². The van der Waals surface area contributed by atoms with E-state index in [0.29, 0.717) is 0 Å². The van der Waals surface area contributed by atoms with E-state index in [1.54, 1.807) is 19.1 Å². The Bertz CT molecular complexity index is 431. The number of aliphatic hydroxyl groups excluding tert-OH is 1. The molecule has 0 bridgehead atoms. The number of hydrogen-bond acceptors (Lipinski definition) is 3. The summed E-state index contributed by atoms with van der Waals surface area (Å²) in [5.41, 5.74) is 0. The Hall–Kier alpha value is -1.06. The number of aromatic hydroxyl groups is 1. The lowest BCUT2D eigenvalue weighted by Gasteiger charge is -1.95. The van der Waals surface area contributed by atoms with Crippen LogP contribution in [0.15, 0.2) is 24.3 Å². The summed E-state index contributed by atoms with van der Waals surface area (Å²) < 4.78 is 1.01. The predicted octanol–water partition coefficient (Wildman–Crippen LogP) is 2.66. The van der Waals surface area contributed by atoms with Crippen LogP contribution in [0.4, 0.5) is 0 Å². The Labute approximate surface area is 80.1 Å². The second-order valence-electron chi connectivity index (χ2n) is 3.05. The molecule has 2 nitrogen and oxygen atoms in total. The molecule has 0 radical (unpaired) electrons. The first-order chi connectivity index (χ1) is 6.16. The van der Waals surface area contributed by atoms with Crippen molar-refractivity contribution in [3.05, 3.63) is 29.1 Å². The molecule has 13 heavy (non-hydrogen) atoms. The van der Waals surface area contributed by atoms with E-state index < -0.39 is 6.10 Å².